The van der Waals surface area contributed by atoms with Crippen molar-refractivity contribution in [3.05, 3.63) is 53.9 Å². The van der Waals surface area contributed by atoms with Gasteiger partial charge in [-0.3, -0.25) is 9.59 Å². The topological polar surface area (TPSA) is 95.7 Å². The number of likely N-dealkylation sites (tertiary alicyclic amines) is 1. The fourth-order valence-corrected chi connectivity index (χ4v) is 3.50. The standard InChI is InChI=1S/C16H15FN4O2.C2HF3O2/c1-19-12-8-20(15(22)10-4-5-18-14(17)7-10)9-13(12)21-6-2-3-11(21)16(19)23;3-2(4,5)1(6)7/h2-7,12-13H,8-9H2,1H3;(H,6,7). The van der Waals surface area contributed by atoms with Crippen LogP contribution < -0.4 is 0 Å². The maximum Gasteiger partial charge on any atom is 0.490 e. The molecule has 0 spiro atoms. The molecule has 2 atom stereocenters. The molecule has 12 heteroatoms. The van der Waals surface area contributed by atoms with Crippen LogP contribution in [0.2, 0.25) is 0 Å². The second-order valence-corrected chi connectivity index (χ2v) is 6.73. The zero-order valence-electron chi connectivity index (χ0n) is 15.5. The predicted molar refractivity (Wildman–Crippen MR) is 93.1 cm³/mol. The monoisotopic (exact) mass is 428 g/mol. The molecule has 1 fully saturated rings. The molecule has 0 radical (unpaired) electrons. The Balaban J connectivity index is 0.000000318. The maximum absolute atomic E-state index is 13.2. The number of alkyl halides is 3. The fourth-order valence-electron chi connectivity index (χ4n) is 3.50. The first-order valence-corrected chi connectivity index (χ1v) is 8.65. The Morgan fingerprint density at radius 1 is 1.20 bits per heavy atom. The summed E-state index contributed by atoms with van der Waals surface area (Å²) in [5, 5.41) is 7.12. The molecule has 0 aromatic carbocycles. The number of carbonyl (C=O) groups is 3. The van der Waals surface area contributed by atoms with Crippen molar-refractivity contribution in [2.75, 3.05) is 20.1 Å². The summed E-state index contributed by atoms with van der Waals surface area (Å²) < 4.78 is 46.9. The zero-order chi connectivity index (χ0) is 22.2. The van der Waals surface area contributed by atoms with Crippen LogP contribution in [0.1, 0.15) is 26.9 Å². The molecule has 2 aliphatic heterocycles. The lowest BCUT2D eigenvalue weighted by Gasteiger charge is -2.35. The molecule has 30 heavy (non-hydrogen) atoms. The molecule has 8 nitrogen and oxygen atoms in total. The molecular weight excluding hydrogens is 412 g/mol. The molecule has 0 bridgehead atoms. The van der Waals surface area contributed by atoms with Crippen LogP contribution in [0.25, 0.3) is 0 Å². The van der Waals surface area contributed by atoms with E-state index in [0.717, 1.165) is 6.07 Å². The first-order chi connectivity index (χ1) is 14.0. The number of rotatable bonds is 1. The highest BCUT2D eigenvalue weighted by Gasteiger charge is 2.44. The van der Waals surface area contributed by atoms with Gasteiger partial charge in [-0.05, 0) is 18.2 Å². The summed E-state index contributed by atoms with van der Waals surface area (Å²) in [6, 6.07) is 6.23. The number of fused-ring (bicyclic) bond motifs is 3. The van der Waals surface area contributed by atoms with Gasteiger partial charge in [0.25, 0.3) is 11.8 Å². The molecule has 4 heterocycles. The van der Waals surface area contributed by atoms with Crippen LogP contribution in [0.5, 0.6) is 0 Å². The van der Waals surface area contributed by atoms with Gasteiger partial charge in [0, 0.05) is 44.2 Å². The number of pyridine rings is 1. The Bertz CT molecular complexity index is 991. The summed E-state index contributed by atoms with van der Waals surface area (Å²) in [7, 11) is 1.76. The van der Waals surface area contributed by atoms with E-state index >= 15 is 0 Å². The van der Waals surface area contributed by atoms with E-state index in [1.54, 1.807) is 22.9 Å². The summed E-state index contributed by atoms with van der Waals surface area (Å²) in [5.74, 6) is -3.71. The van der Waals surface area contributed by atoms with Crippen molar-refractivity contribution in [3.8, 4) is 0 Å². The van der Waals surface area contributed by atoms with Gasteiger partial charge in [0.15, 0.2) is 0 Å². The van der Waals surface area contributed by atoms with Crippen LogP contribution in [-0.4, -0.2) is 74.6 Å². The Labute approximate surface area is 167 Å². The summed E-state index contributed by atoms with van der Waals surface area (Å²) in [5.41, 5.74) is 0.913. The molecule has 160 valence electrons. The van der Waals surface area contributed by atoms with E-state index in [-0.39, 0.29) is 29.5 Å². The van der Waals surface area contributed by atoms with E-state index in [0.29, 0.717) is 18.8 Å². The zero-order valence-corrected chi connectivity index (χ0v) is 15.5. The molecule has 1 N–H and O–H groups in total. The van der Waals surface area contributed by atoms with Gasteiger partial charge in [-0.2, -0.15) is 17.6 Å². The molecule has 2 aromatic heterocycles. The SMILES string of the molecule is CN1C(=O)c2cccn2C2CN(C(=O)c3ccnc(F)c3)CC21.O=C(O)C(F)(F)F. The third-order valence-electron chi connectivity index (χ3n) is 4.94. The average Bonchev–Trinajstić information content (AvgIpc) is 3.32. The second kappa shape index (κ2) is 7.76. The van der Waals surface area contributed by atoms with Crippen LogP contribution in [-0.2, 0) is 4.79 Å². The normalized spacial score (nSPS) is 20.2. The number of aromatic nitrogens is 2. The quantitative estimate of drug-likeness (QED) is 0.552. The number of hydrogen-bond acceptors (Lipinski definition) is 4. The van der Waals surface area contributed by atoms with Gasteiger partial charge >= 0.3 is 12.1 Å². The number of halogens is 4. The van der Waals surface area contributed by atoms with Gasteiger partial charge in [0.2, 0.25) is 5.95 Å². The van der Waals surface area contributed by atoms with Crippen LogP contribution in [0.4, 0.5) is 17.6 Å². The minimum Gasteiger partial charge on any atom is -0.475 e. The highest BCUT2D eigenvalue weighted by atomic mass is 19.4. The molecule has 1 saturated heterocycles. The van der Waals surface area contributed by atoms with Crippen molar-refractivity contribution < 1.29 is 37.1 Å². The van der Waals surface area contributed by atoms with Crippen molar-refractivity contribution in [1.82, 2.24) is 19.4 Å². The van der Waals surface area contributed by atoms with Crippen LogP contribution in [0.15, 0.2) is 36.7 Å². The summed E-state index contributed by atoms with van der Waals surface area (Å²) >= 11 is 0. The summed E-state index contributed by atoms with van der Waals surface area (Å²) in [4.78, 5) is 40.7. The third kappa shape index (κ3) is 3.98. The molecule has 2 aliphatic rings. The smallest absolute Gasteiger partial charge is 0.475 e. The van der Waals surface area contributed by atoms with Crippen LogP contribution in [0.3, 0.4) is 0 Å². The van der Waals surface area contributed by atoms with E-state index in [9.17, 15) is 27.2 Å². The Hall–Kier alpha value is -3.44. The van der Waals surface area contributed by atoms with E-state index < -0.39 is 18.1 Å². The number of carboxylic acid groups (broad SMARTS) is 1. The van der Waals surface area contributed by atoms with Crippen LogP contribution in [0, 0.1) is 5.95 Å². The van der Waals surface area contributed by atoms with Gasteiger partial charge in [0.1, 0.15) is 5.69 Å². The first kappa shape index (κ1) is 21.3. The van der Waals surface area contributed by atoms with E-state index in [2.05, 4.69) is 4.98 Å². The predicted octanol–water partition coefficient (Wildman–Crippen LogP) is 1.81. The summed E-state index contributed by atoms with van der Waals surface area (Å²) in [6.07, 6.45) is -1.93. The molecular formula is C18H16F4N4O4. The molecule has 2 aromatic rings. The summed E-state index contributed by atoms with van der Waals surface area (Å²) in [6.45, 7) is 0.931. The largest absolute Gasteiger partial charge is 0.490 e. The second-order valence-electron chi connectivity index (χ2n) is 6.73. The van der Waals surface area contributed by atoms with Gasteiger partial charge in [0.05, 0.1) is 12.1 Å². The Morgan fingerprint density at radius 3 is 2.43 bits per heavy atom. The average molecular weight is 428 g/mol. The molecule has 4 rings (SSSR count). The Morgan fingerprint density at radius 2 is 1.83 bits per heavy atom. The first-order valence-electron chi connectivity index (χ1n) is 8.65. The molecule has 2 unspecified atom stereocenters. The lowest BCUT2D eigenvalue weighted by Crippen LogP contribution is -2.48. The minimum atomic E-state index is -5.08. The highest BCUT2D eigenvalue weighted by Crippen LogP contribution is 2.33. The lowest BCUT2D eigenvalue weighted by molar-refractivity contribution is -0.192. The molecule has 2 amide bonds. The van der Waals surface area contributed by atoms with Gasteiger partial charge < -0.3 is 19.5 Å². The van der Waals surface area contributed by atoms with Crippen molar-refractivity contribution in [3.63, 3.8) is 0 Å². The van der Waals surface area contributed by atoms with Gasteiger partial charge in [-0.25, -0.2) is 9.78 Å². The number of hydrogen-bond donors (Lipinski definition) is 1. The maximum atomic E-state index is 13.2. The Kier molecular flexibility index (Phi) is 5.51. The number of aliphatic carboxylic acids is 1. The number of amides is 2. The van der Waals surface area contributed by atoms with E-state index in [1.165, 1.54) is 12.3 Å². The lowest BCUT2D eigenvalue weighted by atomic mass is 10.1. The van der Waals surface area contributed by atoms with Crippen molar-refractivity contribution >= 4 is 17.8 Å². The fraction of sp³-hybridized carbons (Fsp3) is 0.333. The number of carbonyl (C=O) groups excluding carboxylic acids is 2. The van der Waals surface area contributed by atoms with Crippen molar-refractivity contribution in [2.24, 2.45) is 0 Å². The van der Waals surface area contributed by atoms with Crippen molar-refractivity contribution in [2.45, 2.75) is 18.3 Å². The van der Waals surface area contributed by atoms with Gasteiger partial charge in [-0.15, -0.1) is 0 Å². The number of likely N-dealkylation sites (N-methyl/N-ethyl adjacent to an activating group) is 1. The molecule has 0 aliphatic carbocycles. The van der Waals surface area contributed by atoms with E-state index in [1.807, 2.05) is 16.8 Å². The van der Waals surface area contributed by atoms with Crippen molar-refractivity contribution in [1.29, 1.82) is 0 Å². The third-order valence-corrected chi connectivity index (χ3v) is 4.94. The number of nitrogens with zero attached hydrogens (tertiary/aromatic N) is 4. The minimum absolute atomic E-state index is 0.0262. The molecule has 0 saturated carbocycles. The van der Waals surface area contributed by atoms with Crippen LogP contribution >= 0.6 is 0 Å². The van der Waals surface area contributed by atoms with E-state index in [4.69, 9.17) is 9.90 Å². The highest BCUT2D eigenvalue weighted by molar-refractivity contribution is 5.96. The number of carboxylic acids is 1. The van der Waals surface area contributed by atoms with Gasteiger partial charge in [-0.1, -0.05) is 0 Å².